The van der Waals surface area contributed by atoms with Gasteiger partial charge in [0.25, 0.3) is 0 Å². The van der Waals surface area contributed by atoms with Crippen molar-refractivity contribution in [1.82, 2.24) is 29.8 Å². The Kier molecular flexibility index (Phi) is 11.8. The molecule has 4 N–H and O–H groups in total. The maximum atomic E-state index is 14.0. The number of piperazine rings is 1. The molecule has 4 amide bonds. The first-order valence-electron chi connectivity index (χ1n) is 17.7. The quantitative estimate of drug-likeness (QED) is 0.265. The first-order valence-corrected chi connectivity index (χ1v) is 18.5. The van der Waals surface area contributed by atoms with Gasteiger partial charge in [-0.3, -0.25) is 24.2 Å². The van der Waals surface area contributed by atoms with Crippen LogP contribution < -0.4 is 16.4 Å². The molecule has 270 valence electrons. The summed E-state index contributed by atoms with van der Waals surface area (Å²) in [7, 11) is 2.15. The molecule has 0 radical (unpaired) electrons. The number of para-hydroxylation sites is 1. The third-order valence-corrected chi connectivity index (χ3v) is 11.4. The minimum Gasteiger partial charge on any atom is -0.396 e. The van der Waals surface area contributed by atoms with E-state index >= 15 is 0 Å². The third kappa shape index (κ3) is 8.71. The van der Waals surface area contributed by atoms with Crippen LogP contribution in [-0.4, -0.2) is 139 Å². The molecule has 4 heterocycles. The van der Waals surface area contributed by atoms with Crippen molar-refractivity contribution in [3.8, 4) is 0 Å². The van der Waals surface area contributed by atoms with E-state index in [4.69, 9.17) is 28.9 Å². The van der Waals surface area contributed by atoms with Crippen LogP contribution in [0.15, 0.2) is 36.4 Å². The number of benzene rings is 2. The molecule has 12 nitrogen and oxygen atoms in total. The van der Waals surface area contributed by atoms with Gasteiger partial charge in [0.15, 0.2) is 5.78 Å². The summed E-state index contributed by atoms with van der Waals surface area (Å²) >= 11 is 12.4. The highest BCUT2D eigenvalue weighted by Gasteiger charge is 2.35. The summed E-state index contributed by atoms with van der Waals surface area (Å²) in [6.45, 7) is 7.44. The number of halogens is 2. The van der Waals surface area contributed by atoms with E-state index in [0.717, 1.165) is 69.8 Å². The minimum absolute atomic E-state index is 0.0316. The van der Waals surface area contributed by atoms with Gasteiger partial charge in [0.1, 0.15) is 6.04 Å². The Hall–Kier alpha value is -3.42. The fourth-order valence-corrected chi connectivity index (χ4v) is 8.16. The zero-order chi connectivity index (χ0) is 35.4. The van der Waals surface area contributed by atoms with E-state index in [-0.39, 0.29) is 63.9 Å². The molecule has 3 fully saturated rings. The van der Waals surface area contributed by atoms with E-state index in [9.17, 15) is 19.2 Å². The number of hydrogen-bond donors (Lipinski definition) is 3. The van der Waals surface area contributed by atoms with Crippen LogP contribution in [0.3, 0.4) is 0 Å². The van der Waals surface area contributed by atoms with Crippen LogP contribution in [0.2, 0.25) is 10.0 Å². The van der Waals surface area contributed by atoms with Crippen molar-refractivity contribution in [1.29, 1.82) is 0 Å². The van der Waals surface area contributed by atoms with E-state index in [1.165, 1.54) is 12.1 Å². The molecule has 2 aromatic rings. The van der Waals surface area contributed by atoms with Gasteiger partial charge in [-0.25, -0.2) is 4.79 Å². The number of nitrogens with zero attached hydrogens (tertiary/aromatic N) is 5. The molecule has 3 saturated heterocycles. The molecule has 0 unspecified atom stereocenters. The summed E-state index contributed by atoms with van der Waals surface area (Å²) in [5.41, 5.74) is 8.21. The number of piperidine rings is 2. The second kappa shape index (κ2) is 16.3. The Morgan fingerprint density at radius 3 is 2.22 bits per heavy atom. The van der Waals surface area contributed by atoms with Crippen molar-refractivity contribution < 1.29 is 19.2 Å². The predicted molar refractivity (Wildman–Crippen MR) is 196 cm³/mol. The van der Waals surface area contributed by atoms with Crippen molar-refractivity contribution in [3.05, 3.63) is 57.6 Å². The van der Waals surface area contributed by atoms with Crippen LogP contribution in [0.4, 0.5) is 16.2 Å². The van der Waals surface area contributed by atoms with Crippen LogP contribution in [0.5, 0.6) is 0 Å². The second-order valence-electron chi connectivity index (χ2n) is 14.0. The van der Waals surface area contributed by atoms with Gasteiger partial charge in [-0.1, -0.05) is 41.4 Å². The predicted octanol–water partition coefficient (Wildman–Crippen LogP) is 3.43. The number of likely N-dealkylation sites (N-methyl/N-ethyl adjacent to an activating group) is 1. The van der Waals surface area contributed by atoms with Gasteiger partial charge in [0.05, 0.1) is 22.3 Å². The largest absolute Gasteiger partial charge is 0.396 e. The summed E-state index contributed by atoms with van der Waals surface area (Å²) < 4.78 is 0. The molecular formula is C36H48Cl2N8O4. The number of hydrogen-bond acceptors (Lipinski definition) is 8. The van der Waals surface area contributed by atoms with Crippen molar-refractivity contribution in [2.45, 2.75) is 56.7 Å². The van der Waals surface area contributed by atoms with Gasteiger partial charge in [-0.2, -0.15) is 0 Å². The molecule has 0 bridgehead atoms. The number of likely N-dealkylation sites (tertiary alicyclic amines) is 2. The summed E-state index contributed by atoms with van der Waals surface area (Å²) in [4.78, 5) is 64.8. The number of ketones is 1. The van der Waals surface area contributed by atoms with Crippen LogP contribution in [0.25, 0.3) is 0 Å². The van der Waals surface area contributed by atoms with Crippen molar-refractivity contribution in [3.63, 3.8) is 0 Å². The van der Waals surface area contributed by atoms with Crippen LogP contribution in [0.1, 0.15) is 48.0 Å². The van der Waals surface area contributed by atoms with Gasteiger partial charge in [0.2, 0.25) is 11.8 Å². The molecule has 4 aliphatic rings. The number of urea groups is 1. The van der Waals surface area contributed by atoms with Gasteiger partial charge in [-0.15, -0.1) is 0 Å². The lowest BCUT2D eigenvalue weighted by Gasteiger charge is -2.42. The minimum atomic E-state index is -1.07. The smallest absolute Gasteiger partial charge is 0.322 e. The van der Waals surface area contributed by atoms with Crippen molar-refractivity contribution >= 4 is 58.2 Å². The molecule has 1 atom stereocenters. The highest BCUT2D eigenvalue weighted by molar-refractivity contribution is 6.39. The van der Waals surface area contributed by atoms with E-state index in [1.807, 2.05) is 29.2 Å². The lowest BCUT2D eigenvalue weighted by Crippen LogP contribution is -2.56. The number of anilines is 2. The number of amides is 4. The molecule has 0 aliphatic carbocycles. The van der Waals surface area contributed by atoms with E-state index < -0.39 is 6.04 Å². The third-order valence-electron chi connectivity index (χ3n) is 10.8. The molecule has 4 aliphatic heterocycles. The molecule has 6 rings (SSSR count). The molecule has 2 aromatic carbocycles. The normalized spacial score (nSPS) is 20.9. The molecule has 14 heteroatoms. The van der Waals surface area contributed by atoms with Crippen LogP contribution in [-0.2, 0) is 16.0 Å². The maximum Gasteiger partial charge on any atom is 0.322 e. The zero-order valence-corrected chi connectivity index (χ0v) is 30.2. The number of nitrogens with two attached hydrogens (primary N) is 1. The Bertz CT molecular complexity index is 1550. The molecule has 0 saturated carbocycles. The lowest BCUT2D eigenvalue weighted by atomic mass is 9.99. The number of carbonyl (C=O) groups is 4. The lowest BCUT2D eigenvalue weighted by molar-refractivity contribution is -0.138. The van der Waals surface area contributed by atoms with Crippen LogP contribution in [0, 0.1) is 0 Å². The highest BCUT2D eigenvalue weighted by Crippen LogP contribution is 2.30. The summed E-state index contributed by atoms with van der Waals surface area (Å²) in [6.07, 6.45) is 3.67. The Morgan fingerprint density at radius 1 is 0.900 bits per heavy atom. The highest BCUT2D eigenvalue weighted by atomic mass is 35.5. The number of fused-ring (bicyclic) bond motifs is 1. The molecule has 50 heavy (non-hydrogen) atoms. The Labute approximate surface area is 304 Å². The SMILES string of the molecule is CN1CCN(C2CCN(CC(=O)N[C@H](CC(=O)c3cc(Cl)c(N)c(Cl)c3)C(=O)N3CCC(N4CCc5ccccc5NC4=O)CC3)CC2)CC1. The maximum absolute atomic E-state index is 14.0. The number of carbonyl (C=O) groups excluding carboxylic acids is 4. The Balaban J connectivity index is 1.08. The first kappa shape index (κ1) is 36.4. The molecular weight excluding hydrogens is 679 g/mol. The fourth-order valence-electron chi connectivity index (χ4n) is 7.68. The number of rotatable bonds is 9. The summed E-state index contributed by atoms with van der Waals surface area (Å²) in [6, 6.07) is 9.98. The first-order chi connectivity index (χ1) is 24.0. The topological polar surface area (TPSA) is 135 Å². The van der Waals surface area contributed by atoms with E-state index in [2.05, 4.69) is 32.4 Å². The van der Waals surface area contributed by atoms with Crippen molar-refractivity contribution in [2.24, 2.45) is 0 Å². The fraction of sp³-hybridized carbons (Fsp3) is 0.556. The van der Waals surface area contributed by atoms with Gasteiger partial charge in [0, 0.05) is 88.7 Å². The molecule has 0 spiro atoms. The van der Waals surface area contributed by atoms with E-state index in [0.29, 0.717) is 38.5 Å². The molecule has 0 aromatic heterocycles. The van der Waals surface area contributed by atoms with Gasteiger partial charge >= 0.3 is 6.03 Å². The second-order valence-corrected chi connectivity index (χ2v) is 14.8. The number of nitrogen functional groups attached to an aromatic ring is 1. The standard InChI is InChI=1S/C36H48Cl2N8O4/c1-42-16-18-44(19-17-42)26-7-11-43(12-8-26)23-33(48)40-31(22-32(47)25-20-28(37)34(39)29(38)21-25)35(49)45-13-9-27(10-14-45)46-15-6-24-4-2-3-5-30(24)41-36(46)50/h2-5,20-21,26-27,31H,6-19,22-23,39H2,1H3,(H,40,48)(H,41,50)/t31-/m1/s1. The zero-order valence-electron chi connectivity index (χ0n) is 28.7. The number of Topliss-reactive ketones (excluding diaryl/α,β-unsaturated/α-hetero) is 1. The summed E-state index contributed by atoms with van der Waals surface area (Å²) in [5.74, 6) is -0.992. The monoisotopic (exact) mass is 726 g/mol. The van der Waals surface area contributed by atoms with Gasteiger partial charge < -0.3 is 31.1 Å². The van der Waals surface area contributed by atoms with Gasteiger partial charge in [-0.05, 0) is 62.9 Å². The number of nitrogens with one attached hydrogen (secondary N) is 2. The summed E-state index contributed by atoms with van der Waals surface area (Å²) in [5, 5.41) is 6.24. The Morgan fingerprint density at radius 2 is 1.54 bits per heavy atom. The average Bonchev–Trinajstić information content (AvgIpc) is 3.28. The average molecular weight is 728 g/mol. The van der Waals surface area contributed by atoms with E-state index in [1.54, 1.807) is 4.90 Å². The van der Waals surface area contributed by atoms with Crippen molar-refractivity contribution in [2.75, 3.05) is 83.5 Å². The van der Waals surface area contributed by atoms with Crippen LogP contribution >= 0.6 is 23.2 Å².